The summed E-state index contributed by atoms with van der Waals surface area (Å²) in [4.78, 5) is 16.0. The van der Waals surface area contributed by atoms with Gasteiger partial charge < -0.3 is 20.1 Å². The molecule has 0 radical (unpaired) electrons. The van der Waals surface area contributed by atoms with Crippen LogP contribution in [0.2, 0.25) is 0 Å². The van der Waals surface area contributed by atoms with E-state index < -0.39 is 0 Å². The molecule has 0 aromatic heterocycles. The minimum Gasteiger partial charge on any atom is -0.497 e. The van der Waals surface area contributed by atoms with E-state index >= 15 is 0 Å². The van der Waals surface area contributed by atoms with Crippen molar-refractivity contribution in [3.63, 3.8) is 0 Å². The van der Waals surface area contributed by atoms with Crippen LogP contribution in [0.5, 0.6) is 5.75 Å². The molecule has 0 saturated carbocycles. The fraction of sp³-hybridized carbons (Fsp3) is 0.529. The van der Waals surface area contributed by atoms with Crippen LogP contribution in [0.15, 0.2) is 29.3 Å². The molecule has 2 N–H and O–H groups in total. The molecule has 7 heteroatoms. The Morgan fingerprint density at radius 1 is 1.21 bits per heavy atom. The summed E-state index contributed by atoms with van der Waals surface area (Å²) in [6, 6.07) is 7.78. The Morgan fingerprint density at radius 2 is 1.88 bits per heavy atom. The van der Waals surface area contributed by atoms with Gasteiger partial charge in [-0.05, 0) is 38.5 Å². The first-order chi connectivity index (χ1) is 11.0. The maximum absolute atomic E-state index is 11.5. The lowest BCUT2D eigenvalue weighted by molar-refractivity contribution is -0.147. The van der Waals surface area contributed by atoms with Crippen LogP contribution in [0.25, 0.3) is 0 Å². The molecule has 0 heterocycles. The summed E-state index contributed by atoms with van der Waals surface area (Å²) in [6.07, 6.45) is 0.227. The van der Waals surface area contributed by atoms with Crippen molar-refractivity contribution in [3.8, 4) is 5.75 Å². The largest absolute Gasteiger partial charge is 0.497 e. The van der Waals surface area contributed by atoms with Gasteiger partial charge in [-0.2, -0.15) is 0 Å². The number of ether oxygens (including phenoxy) is 2. The van der Waals surface area contributed by atoms with Crippen LogP contribution in [0.1, 0.15) is 32.8 Å². The molecule has 0 amide bonds. The Kier molecular flexibility index (Phi) is 12.0. The average molecular weight is 449 g/mol. The second-order valence-corrected chi connectivity index (χ2v) is 5.26. The summed E-state index contributed by atoms with van der Waals surface area (Å²) >= 11 is 0. The van der Waals surface area contributed by atoms with Crippen molar-refractivity contribution >= 4 is 35.9 Å². The van der Waals surface area contributed by atoms with Gasteiger partial charge in [0.05, 0.1) is 26.2 Å². The van der Waals surface area contributed by atoms with Gasteiger partial charge in [-0.25, -0.2) is 4.99 Å². The molecule has 0 fully saturated rings. The lowest BCUT2D eigenvalue weighted by atomic mass is 10.2. The number of nitrogens with one attached hydrogen (secondary N) is 2. The minimum atomic E-state index is -0.210. The van der Waals surface area contributed by atoms with E-state index in [4.69, 9.17) is 9.47 Å². The van der Waals surface area contributed by atoms with Gasteiger partial charge in [0.1, 0.15) is 5.75 Å². The van der Waals surface area contributed by atoms with Gasteiger partial charge in [0.25, 0.3) is 0 Å². The Bertz CT molecular complexity index is 504. The molecule has 0 aliphatic carbocycles. The number of methoxy groups -OCH3 is 1. The zero-order chi connectivity index (χ0) is 17.1. The summed E-state index contributed by atoms with van der Waals surface area (Å²) in [5, 5.41) is 6.28. The highest BCUT2D eigenvalue weighted by atomic mass is 127. The van der Waals surface area contributed by atoms with E-state index in [1.807, 2.05) is 45.0 Å². The molecule has 1 rings (SSSR count). The predicted octanol–water partition coefficient (Wildman–Crippen LogP) is 2.71. The monoisotopic (exact) mass is 449 g/mol. The fourth-order valence-corrected chi connectivity index (χ4v) is 1.85. The van der Waals surface area contributed by atoms with Gasteiger partial charge in [-0.1, -0.05) is 12.1 Å². The van der Waals surface area contributed by atoms with Gasteiger partial charge in [-0.15, -0.1) is 24.0 Å². The molecule has 6 nitrogen and oxygen atoms in total. The maximum Gasteiger partial charge on any atom is 0.307 e. The zero-order valence-corrected chi connectivity index (χ0v) is 17.1. The van der Waals surface area contributed by atoms with E-state index in [-0.39, 0.29) is 36.0 Å². The molecule has 1 aromatic rings. The number of rotatable bonds is 8. The van der Waals surface area contributed by atoms with Crippen molar-refractivity contribution in [2.24, 2.45) is 4.99 Å². The number of halogens is 1. The standard InChI is InChI=1S/C17H27N3O3.HI/c1-5-18-17(19-11-10-16(21)23-13(2)3)20-12-14-6-8-15(22-4)9-7-14;/h6-9,13H,5,10-12H2,1-4H3,(H2,18,19,20);1H. The molecular formula is C17H28IN3O3. The van der Waals surface area contributed by atoms with Crippen molar-refractivity contribution in [1.82, 2.24) is 10.6 Å². The Hall–Kier alpha value is -1.51. The van der Waals surface area contributed by atoms with Crippen molar-refractivity contribution in [2.45, 2.75) is 39.8 Å². The number of carbonyl (C=O) groups excluding carboxylic acids is 1. The van der Waals surface area contributed by atoms with Crippen LogP contribution in [0.4, 0.5) is 0 Å². The van der Waals surface area contributed by atoms with Gasteiger partial charge in [0.15, 0.2) is 5.96 Å². The first kappa shape index (κ1) is 22.5. The lowest BCUT2D eigenvalue weighted by Gasteiger charge is -2.12. The van der Waals surface area contributed by atoms with E-state index in [2.05, 4.69) is 15.6 Å². The molecule has 0 bridgehead atoms. The number of carbonyl (C=O) groups is 1. The molecule has 0 spiro atoms. The van der Waals surface area contributed by atoms with Crippen LogP contribution in [0.3, 0.4) is 0 Å². The molecule has 24 heavy (non-hydrogen) atoms. The van der Waals surface area contributed by atoms with E-state index in [0.29, 0.717) is 25.5 Å². The molecule has 0 saturated heterocycles. The quantitative estimate of drug-likeness (QED) is 0.277. The molecule has 0 unspecified atom stereocenters. The van der Waals surface area contributed by atoms with Crippen molar-refractivity contribution in [3.05, 3.63) is 29.8 Å². The SMILES string of the molecule is CCNC(=NCc1ccc(OC)cc1)NCCC(=O)OC(C)C.I. The third-order valence-electron chi connectivity index (χ3n) is 2.91. The van der Waals surface area contributed by atoms with Crippen molar-refractivity contribution < 1.29 is 14.3 Å². The van der Waals surface area contributed by atoms with Crippen molar-refractivity contribution in [1.29, 1.82) is 0 Å². The number of guanidine groups is 1. The van der Waals surface area contributed by atoms with Gasteiger partial charge in [0, 0.05) is 13.1 Å². The molecular weight excluding hydrogens is 421 g/mol. The highest BCUT2D eigenvalue weighted by Gasteiger charge is 2.05. The van der Waals surface area contributed by atoms with Gasteiger partial charge in [0.2, 0.25) is 0 Å². The topological polar surface area (TPSA) is 72.0 Å². The van der Waals surface area contributed by atoms with Crippen LogP contribution in [-0.2, 0) is 16.1 Å². The van der Waals surface area contributed by atoms with Crippen LogP contribution >= 0.6 is 24.0 Å². The van der Waals surface area contributed by atoms with Gasteiger partial charge in [-0.3, -0.25) is 4.79 Å². The van der Waals surface area contributed by atoms with Crippen LogP contribution in [-0.4, -0.2) is 38.2 Å². The highest BCUT2D eigenvalue weighted by Crippen LogP contribution is 2.11. The summed E-state index contributed by atoms with van der Waals surface area (Å²) in [5.41, 5.74) is 1.09. The third kappa shape index (κ3) is 9.59. The second-order valence-electron chi connectivity index (χ2n) is 5.26. The maximum atomic E-state index is 11.5. The number of benzene rings is 1. The summed E-state index contributed by atoms with van der Waals surface area (Å²) in [7, 11) is 1.64. The molecule has 0 aliphatic heterocycles. The zero-order valence-electron chi connectivity index (χ0n) is 14.8. The molecule has 0 atom stereocenters. The van der Waals surface area contributed by atoms with E-state index in [1.165, 1.54) is 0 Å². The lowest BCUT2D eigenvalue weighted by Crippen LogP contribution is -2.38. The van der Waals surface area contributed by atoms with Crippen LogP contribution in [0, 0.1) is 0 Å². The summed E-state index contributed by atoms with van der Waals surface area (Å²) in [6.45, 7) is 7.47. The highest BCUT2D eigenvalue weighted by molar-refractivity contribution is 14.0. The van der Waals surface area contributed by atoms with Crippen LogP contribution < -0.4 is 15.4 Å². The molecule has 1 aromatic carbocycles. The number of aliphatic imine (C=N–C) groups is 1. The molecule has 136 valence electrons. The minimum absolute atomic E-state index is 0. The van der Waals surface area contributed by atoms with E-state index in [0.717, 1.165) is 17.9 Å². The number of nitrogens with zero attached hydrogens (tertiary/aromatic N) is 1. The Morgan fingerprint density at radius 3 is 2.42 bits per heavy atom. The second kappa shape index (κ2) is 12.9. The first-order valence-electron chi connectivity index (χ1n) is 7.89. The van der Waals surface area contributed by atoms with E-state index in [9.17, 15) is 4.79 Å². The normalized spacial score (nSPS) is 10.8. The summed E-state index contributed by atoms with van der Waals surface area (Å²) < 4.78 is 10.2. The number of esters is 1. The summed E-state index contributed by atoms with van der Waals surface area (Å²) in [5.74, 6) is 1.30. The predicted molar refractivity (Wildman–Crippen MR) is 107 cm³/mol. The van der Waals surface area contributed by atoms with E-state index in [1.54, 1.807) is 7.11 Å². The Labute approximate surface area is 161 Å². The average Bonchev–Trinajstić information content (AvgIpc) is 2.52. The fourth-order valence-electron chi connectivity index (χ4n) is 1.85. The first-order valence-corrected chi connectivity index (χ1v) is 7.89. The number of hydrogen-bond donors (Lipinski definition) is 2. The smallest absolute Gasteiger partial charge is 0.307 e. The Balaban J connectivity index is 0.00000529. The van der Waals surface area contributed by atoms with Crippen molar-refractivity contribution in [2.75, 3.05) is 20.2 Å². The van der Waals surface area contributed by atoms with Gasteiger partial charge >= 0.3 is 5.97 Å². The number of hydrogen-bond acceptors (Lipinski definition) is 4. The molecule has 0 aliphatic rings. The third-order valence-corrected chi connectivity index (χ3v) is 2.91.